The first-order chi connectivity index (χ1) is 14.0. The highest BCUT2D eigenvalue weighted by atomic mass is 16.5. The zero-order valence-electron chi connectivity index (χ0n) is 16.6. The highest BCUT2D eigenvalue weighted by molar-refractivity contribution is 5.98. The van der Waals surface area contributed by atoms with Gasteiger partial charge < -0.3 is 19.5 Å². The Morgan fingerprint density at radius 1 is 0.897 bits per heavy atom. The van der Waals surface area contributed by atoms with E-state index in [1.54, 1.807) is 55.6 Å². The number of benzene rings is 2. The first-order valence-corrected chi connectivity index (χ1v) is 9.37. The van der Waals surface area contributed by atoms with Crippen LogP contribution in [0.1, 0.15) is 36.5 Å². The van der Waals surface area contributed by atoms with Crippen LogP contribution in [-0.4, -0.2) is 38.0 Å². The highest BCUT2D eigenvalue weighted by Crippen LogP contribution is 2.16. The van der Waals surface area contributed by atoms with Crippen LogP contribution in [0.2, 0.25) is 0 Å². The van der Waals surface area contributed by atoms with Crippen molar-refractivity contribution in [2.45, 2.75) is 26.2 Å². The van der Waals surface area contributed by atoms with Crippen molar-refractivity contribution in [3.63, 3.8) is 0 Å². The van der Waals surface area contributed by atoms with E-state index in [0.717, 1.165) is 6.42 Å². The Balaban J connectivity index is 1.70. The average Bonchev–Trinajstić information content (AvgIpc) is 2.75. The number of methoxy groups -OCH3 is 1. The third kappa shape index (κ3) is 7.65. The topological polar surface area (TPSA) is 90.9 Å². The van der Waals surface area contributed by atoms with Gasteiger partial charge in [0.15, 0.2) is 12.4 Å². The van der Waals surface area contributed by atoms with Crippen LogP contribution >= 0.6 is 0 Å². The van der Waals surface area contributed by atoms with E-state index < -0.39 is 18.5 Å². The van der Waals surface area contributed by atoms with Gasteiger partial charge in [-0.25, -0.2) is 0 Å². The van der Waals surface area contributed by atoms with Crippen LogP contribution in [0.15, 0.2) is 48.5 Å². The Morgan fingerprint density at radius 3 is 2.17 bits per heavy atom. The molecule has 7 nitrogen and oxygen atoms in total. The van der Waals surface area contributed by atoms with Crippen LogP contribution in [0.3, 0.4) is 0 Å². The Kier molecular flexibility index (Phi) is 8.69. The minimum Gasteiger partial charge on any atom is -0.497 e. The average molecular weight is 399 g/mol. The monoisotopic (exact) mass is 399 g/mol. The Morgan fingerprint density at radius 2 is 1.55 bits per heavy atom. The van der Waals surface area contributed by atoms with E-state index in [1.165, 1.54) is 0 Å². The fraction of sp³-hybridized carbons (Fsp3) is 0.318. The molecule has 1 amide bonds. The molecule has 7 heteroatoms. The number of Topliss-reactive ketones (excluding diaryl/α,β-unsaturated/α-hetero) is 1. The number of nitrogens with one attached hydrogen (secondary N) is 1. The van der Waals surface area contributed by atoms with Crippen molar-refractivity contribution in [3.8, 4) is 11.5 Å². The zero-order valence-corrected chi connectivity index (χ0v) is 16.6. The lowest BCUT2D eigenvalue weighted by molar-refractivity contribution is -0.147. The first kappa shape index (κ1) is 21.9. The number of ether oxygens (including phenoxy) is 3. The number of carbonyl (C=O) groups is 3. The van der Waals surface area contributed by atoms with Crippen molar-refractivity contribution in [1.29, 1.82) is 0 Å². The quantitative estimate of drug-likeness (QED) is 0.458. The van der Waals surface area contributed by atoms with E-state index in [4.69, 9.17) is 14.2 Å². The zero-order chi connectivity index (χ0) is 21.1. The maximum absolute atomic E-state index is 12.2. The molecule has 29 heavy (non-hydrogen) atoms. The van der Waals surface area contributed by atoms with Gasteiger partial charge in [-0.1, -0.05) is 6.92 Å². The van der Waals surface area contributed by atoms with Gasteiger partial charge in [0.2, 0.25) is 0 Å². The number of esters is 1. The van der Waals surface area contributed by atoms with Gasteiger partial charge in [0.25, 0.3) is 5.91 Å². The fourth-order valence-corrected chi connectivity index (χ4v) is 2.41. The molecule has 0 heterocycles. The molecule has 2 rings (SSSR count). The summed E-state index contributed by atoms with van der Waals surface area (Å²) >= 11 is 0. The summed E-state index contributed by atoms with van der Waals surface area (Å²) in [6.45, 7) is 2.22. The normalized spacial score (nSPS) is 10.1. The van der Waals surface area contributed by atoms with Gasteiger partial charge in [-0.05, 0) is 55.0 Å². The van der Waals surface area contributed by atoms with Crippen LogP contribution in [0.5, 0.6) is 11.5 Å². The van der Waals surface area contributed by atoms with Gasteiger partial charge in [0.1, 0.15) is 11.5 Å². The highest BCUT2D eigenvalue weighted by Gasteiger charge is 2.12. The third-order valence-electron chi connectivity index (χ3n) is 3.94. The van der Waals surface area contributed by atoms with Crippen molar-refractivity contribution in [1.82, 2.24) is 0 Å². The van der Waals surface area contributed by atoms with E-state index in [1.807, 2.05) is 6.92 Å². The smallest absolute Gasteiger partial charge is 0.306 e. The summed E-state index contributed by atoms with van der Waals surface area (Å²) in [4.78, 5) is 35.8. The number of carbonyl (C=O) groups excluding carboxylic acids is 3. The Bertz CT molecular complexity index is 814. The van der Waals surface area contributed by atoms with Crippen LogP contribution in [0.4, 0.5) is 5.69 Å². The molecule has 0 radical (unpaired) electrons. The summed E-state index contributed by atoms with van der Waals surface area (Å²) < 4.78 is 15.4. The lowest BCUT2D eigenvalue weighted by atomic mass is 10.1. The van der Waals surface area contributed by atoms with Crippen LogP contribution in [0.25, 0.3) is 0 Å². The summed E-state index contributed by atoms with van der Waals surface area (Å²) in [6.07, 6.45) is 0.817. The molecule has 0 aliphatic carbocycles. The largest absolute Gasteiger partial charge is 0.497 e. The van der Waals surface area contributed by atoms with E-state index in [0.29, 0.717) is 29.4 Å². The summed E-state index contributed by atoms with van der Waals surface area (Å²) in [6, 6.07) is 13.5. The van der Waals surface area contributed by atoms with Crippen molar-refractivity contribution in [2.75, 3.05) is 25.6 Å². The van der Waals surface area contributed by atoms with Gasteiger partial charge in [0, 0.05) is 17.7 Å². The number of anilines is 1. The Labute approximate surface area is 170 Å². The molecule has 0 aliphatic heterocycles. The summed E-state index contributed by atoms with van der Waals surface area (Å²) in [5.74, 6) is 0.128. The summed E-state index contributed by atoms with van der Waals surface area (Å²) in [5.41, 5.74) is 1.06. The minimum absolute atomic E-state index is 0.00803. The summed E-state index contributed by atoms with van der Waals surface area (Å²) in [5, 5.41) is 2.61. The van der Waals surface area contributed by atoms with E-state index in [9.17, 15) is 14.4 Å². The molecule has 0 atom stereocenters. The molecule has 0 spiro atoms. The number of rotatable bonds is 11. The van der Waals surface area contributed by atoms with Gasteiger partial charge in [-0.15, -0.1) is 0 Å². The molecule has 1 N–H and O–H groups in total. The number of hydrogen-bond donors (Lipinski definition) is 1. The number of amides is 1. The van der Waals surface area contributed by atoms with Crippen molar-refractivity contribution < 1.29 is 28.6 Å². The second kappa shape index (κ2) is 11.5. The standard InChI is InChI=1S/C22H25NO6/c1-3-14-28-19-8-4-16(5-9-19)20(24)12-13-22(26)29-15-21(25)23-17-6-10-18(27-2)11-7-17/h4-11H,3,12-15H2,1-2H3,(H,23,25). The van der Waals surface area contributed by atoms with Gasteiger partial charge in [-0.2, -0.15) is 0 Å². The lowest BCUT2D eigenvalue weighted by Crippen LogP contribution is -2.21. The second-order valence-electron chi connectivity index (χ2n) is 6.23. The van der Waals surface area contributed by atoms with Gasteiger partial charge >= 0.3 is 5.97 Å². The molecular weight excluding hydrogens is 374 g/mol. The molecule has 2 aromatic rings. The second-order valence-corrected chi connectivity index (χ2v) is 6.23. The molecule has 0 saturated heterocycles. The molecule has 154 valence electrons. The molecule has 0 bridgehead atoms. The fourth-order valence-electron chi connectivity index (χ4n) is 2.41. The predicted octanol–water partition coefficient (Wildman–Crippen LogP) is 3.63. The predicted molar refractivity (Wildman–Crippen MR) is 108 cm³/mol. The first-order valence-electron chi connectivity index (χ1n) is 9.37. The van der Waals surface area contributed by atoms with E-state index >= 15 is 0 Å². The van der Waals surface area contributed by atoms with E-state index in [-0.39, 0.29) is 18.6 Å². The molecule has 0 aromatic heterocycles. The Hall–Kier alpha value is -3.35. The van der Waals surface area contributed by atoms with Gasteiger partial charge in [-0.3, -0.25) is 14.4 Å². The molecule has 0 saturated carbocycles. The van der Waals surface area contributed by atoms with Crippen molar-refractivity contribution in [3.05, 3.63) is 54.1 Å². The SMILES string of the molecule is CCCOc1ccc(C(=O)CCC(=O)OCC(=O)Nc2ccc(OC)cc2)cc1. The summed E-state index contributed by atoms with van der Waals surface area (Å²) in [7, 11) is 1.55. The molecule has 0 fully saturated rings. The maximum Gasteiger partial charge on any atom is 0.306 e. The van der Waals surface area contributed by atoms with Gasteiger partial charge in [0.05, 0.1) is 20.1 Å². The molecule has 2 aromatic carbocycles. The van der Waals surface area contributed by atoms with Crippen molar-refractivity contribution >= 4 is 23.3 Å². The van der Waals surface area contributed by atoms with E-state index in [2.05, 4.69) is 5.32 Å². The van der Waals surface area contributed by atoms with Crippen LogP contribution in [-0.2, 0) is 14.3 Å². The van der Waals surface area contributed by atoms with Crippen LogP contribution in [0, 0.1) is 0 Å². The van der Waals surface area contributed by atoms with Crippen molar-refractivity contribution in [2.24, 2.45) is 0 Å². The number of hydrogen-bond acceptors (Lipinski definition) is 6. The minimum atomic E-state index is -0.605. The molecular formula is C22H25NO6. The molecule has 0 aliphatic rings. The molecule has 0 unspecified atom stereocenters. The third-order valence-corrected chi connectivity index (χ3v) is 3.94. The van der Waals surface area contributed by atoms with Crippen LogP contribution < -0.4 is 14.8 Å². The number of ketones is 1. The lowest BCUT2D eigenvalue weighted by Gasteiger charge is -2.08. The maximum atomic E-state index is 12.2.